The minimum absolute atomic E-state index is 0.0975. The molecule has 0 aromatic heterocycles. The van der Waals surface area contributed by atoms with Crippen molar-refractivity contribution in [1.82, 2.24) is 10.2 Å². The van der Waals surface area contributed by atoms with Gasteiger partial charge in [0.2, 0.25) is 0 Å². The highest BCUT2D eigenvalue weighted by Gasteiger charge is 2.34. The van der Waals surface area contributed by atoms with E-state index in [0.717, 1.165) is 55.3 Å². The molecule has 4 unspecified atom stereocenters. The molecule has 180 valence electrons. The van der Waals surface area contributed by atoms with Crippen LogP contribution in [0.1, 0.15) is 36.0 Å². The number of hydrogen-bond acceptors (Lipinski definition) is 3. The van der Waals surface area contributed by atoms with E-state index in [1.807, 2.05) is 47.4 Å². The Morgan fingerprint density at radius 2 is 1.80 bits per heavy atom. The lowest BCUT2D eigenvalue weighted by atomic mass is 9.73. The fourth-order valence-electron chi connectivity index (χ4n) is 5.82. The summed E-state index contributed by atoms with van der Waals surface area (Å²) in [5.74, 6) is 1.71. The van der Waals surface area contributed by atoms with Crippen molar-refractivity contribution in [2.75, 3.05) is 19.6 Å². The number of allylic oxidation sites excluding steroid dienone is 4. The van der Waals surface area contributed by atoms with Crippen LogP contribution in [0.15, 0.2) is 90.7 Å². The van der Waals surface area contributed by atoms with E-state index < -0.39 is 0 Å². The van der Waals surface area contributed by atoms with E-state index in [1.165, 1.54) is 5.57 Å². The second-order valence-electron chi connectivity index (χ2n) is 9.96. The first-order valence-corrected chi connectivity index (χ1v) is 12.9. The average molecular weight is 467 g/mol. The Kier molecular flexibility index (Phi) is 7.27. The summed E-state index contributed by atoms with van der Waals surface area (Å²) >= 11 is 0. The molecule has 35 heavy (non-hydrogen) atoms. The molecule has 1 saturated heterocycles. The van der Waals surface area contributed by atoms with Gasteiger partial charge in [0.15, 0.2) is 0 Å². The van der Waals surface area contributed by atoms with Gasteiger partial charge in [-0.3, -0.25) is 4.79 Å². The highest BCUT2D eigenvalue weighted by Crippen LogP contribution is 2.38. The number of amides is 1. The van der Waals surface area contributed by atoms with Crippen molar-refractivity contribution in [3.8, 4) is 11.1 Å². The summed E-state index contributed by atoms with van der Waals surface area (Å²) in [6, 6.07) is 18.2. The monoisotopic (exact) mass is 466 g/mol. The topological polar surface area (TPSA) is 49.4 Å². The molecule has 2 aromatic rings. The predicted molar refractivity (Wildman–Crippen MR) is 141 cm³/mol. The molecule has 4 atom stereocenters. The standard InChI is InChI=1S/C31H34N2O2/c34-20-4-7-26-16-19-33(22-30(26)29-13-10-25-14-17-32-18-15-28(25)21-29)31(35)27-11-8-24(9-12-27)23-5-2-1-3-6-23/h1-3,5-6,8-13,15,18,20-21,25-26,28,30,32H,4,7,14,16-17,19,22H2. The maximum Gasteiger partial charge on any atom is 0.253 e. The molecule has 0 saturated carbocycles. The van der Waals surface area contributed by atoms with Gasteiger partial charge in [-0.15, -0.1) is 0 Å². The van der Waals surface area contributed by atoms with Crippen LogP contribution in [0.3, 0.4) is 0 Å². The number of aldehydes is 1. The zero-order valence-corrected chi connectivity index (χ0v) is 20.2. The molecule has 5 rings (SSSR count). The van der Waals surface area contributed by atoms with Crippen LogP contribution < -0.4 is 5.32 Å². The summed E-state index contributed by atoms with van der Waals surface area (Å²) in [4.78, 5) is 26.6. The predicted octanol–water partition coefficient (Wildman–Crippen LogP) is 5.65. The zero-order valence-electron chi connectivity index (χ0n) is 20.2. The molecule has 0 spiro atoms. The number of nitrogens with one attached hydrogen (secondary N) is 1. The van der Waals surface area contributed by atoms with Crippen molar-refractivity contribution >= 4 is 12.2 Å². The molecule has 2 aliphatic heterocycles. The van der Waals surface area contributed by atoms with Crippen LogP contribution >= 0.6 is 0 Å². The quantitative estimate of drug-likeness (QED) is 0.560. The van der Waals surface area contributed by atoms with Crippen molar-refractivity contribution in [1.29, 1.82) is 0 Å². The highest BCUT2D eigenvalue weighted by molar-refractivity contribution is 5.94. The highest BCUT2D eigenvalue weighted by atomic mass is 16.2. The van der Waals surface area contributed by atoms with Gasteiger partial charge < -0.3 is 15.0 Å². The maximum absolute atomic E-state index is 13.5. The summed E-state index contributed by atoms with van der Waals surface area (Å²) in [5, 5.41) is 3.35. The number of fused-ring (bicyclic) bond motifs is 1. The first kappa shape index (κ1) is 23.3. The molecule has 4 heteroatoms. The van der Waals surface area contributed by atoms with E-state index in [0.29, 0.717) is 30.7 Å². The van der Waals surface area contributed by atoms with Crippen LogP contribution in [0.5, 0.6) is 0 Å². The SMILES string of the molecule is O=CCCC1CCN(C(=O)c2ccc(-c3ccccc3)cc2)CC1C1=CC2C=CNCCC2C=C1. The van der Waals surface area contributed by atoms with Gasteiger partial charge >= 0.3 is 0 Å². The Labute approximate surface area is 208 Å². The summed E-state index contributed by atoms with van der Waals surface area (Å²) in [6.07, 6.45) is 16.0. The number of nitrogens with zero attached hydrogens (tertiary/aromatic N) is 1. The van der Waals surface area contributed by atoms with E-state index in [4.69, 9.17) is 0 Å². The Morgan fingerprint density at radius 1 is 1.00 bits per heavy atom. The maximum atomic E-state index is 13.5. The number of benzene rings is 2. The molecular weight excluding hydrogens is 432 g/mol. The molecule has 0 radical (unpaired) electrons. The normalized spacial score (nSPS) is 25.7. The number of hydrogen-bond donors (Lipinski definition) is 1. The van der Waals surface area contributed by atoms with Crippen molar-refractivity contribution in [3.05, 3.63) is 96.2 Å². The van der Waals surface area contributed by atoms with Crippen molar-refractivity contribution in [2.24, 2.45) is 23.7 Å². The van der Waals surface area contributed by atoms with Gasteiger partial charge in [0, 0.05) is 43.5 Å². The minimum atomic E-state index is 0.0975. The van der Waals surface area contributed by atoms with Crippen LogP contribution in [0.2, 0.25) is 0 Å². The number of rotatable bonds is 6. The van der Waals surface area contributed by atoms with Gasteiger partial charge in [0.25, 0.3) is 5.91 Å². The second kappa shape index (κ2) is 10.9. The van der Waals surface area contributed by atoms with Crippen LogP contribution in [0.25, 0.3) is 11.1 Å². The van der Waals surface area contributed by atoms with Crippen molar-refractivity contribution < 1.29 is 9.59 Å². The summed E-state index contributed by atoms with van der Waals surface area (Å²) in [6.45, 7) is 2.45. The van der Waals surface area contributed by atoms with Crippen LogP contribution in [-0.4, -0.2) is 36.7 Å². The Balaban J connectivity index is 1.34. The number of likely N-dealkylation sites (tertiary alicyclic amines) is 1. The van der Waals surface area contributed by atoms with Crippen LogP contribution in [0, 0.1) is 23.7 Å². The third-order valence-electron chi connectivity index (χ3n) is 7.84. The lowest BCUT2D eigenvalue weighted by molar-refractivity contribution is -0.108. The van der Waals surface area contributed by atoms with E-state index in [1.54, 1.807) is 0 Å². The lowest BCUT2D eigenvalue weighted by Gasteiger charge is -2.40. The van der Waals surface area contributed by atoms with Gasteiger partial charge in [-0.2, -0.15) is 0 Å². The van der Waals surface area contributed by atoms with Crippen molar-refractivity contribution in [3.63, 3.8) is 0 Å². The summed E-state index contributed by atoms with van der Waals surface area (Å²) in [5.41, 5.74) is 4.33. The third kappa shape index (κ3) is 5.32. The molecule has 2 aromatic carbocycles. The van der Waals surface area contributed by atoms with Crippen molar-refractivity contribution in [2.45, 2.75) is 25.7 Å². The molecule has 1 amide bonds. The smallest absolute Gasteiger partial charge is 0.253 e. The minimum Gasteiger partial charge on any atom is -0.391 e. The largest absolute Gasteiger partial charge is 0.391 e. The van der Waals surface area contributed by atoms with E-state index in [-0.39, 0.29) is 11.8 Å². The summed E-state index contributed by atoms with van der Waals surface area (Å²) in [7, 11) is 0. The first-order chi connectivity index (χ1) is 17.2. The number of carbonyl (C=O) groups excluding carboxylic acids is 2. The molecule has 0 bridgehead atoms. The van der Waals surface area contributed by atoms with Gasteiger partial charge in [0.1, 0.15) is 6.29 Å². The second-order valence-corrected chi connectivity index (χ2v) is 9.96. The molecule has 1 fully saturated rings. The van der Waals surface area contributed by atoms with E-state index >= 15 is 0 Å². The van der Waals surface area contributed by atoms with Gasteiger partial charge in [-0.1, -0.05) is 66.8 Å². The zero-order chi connectivity index (χ0) is 24.0. The molecule has 1 aliphatic carbocycles. The summed E-state index contributed by atoms with van der Waals surface area (Å²) < 4.78 is 0. The van der Waals surface area contributed by atoms with E-state index in [9.17, 15) is 9.59 Å². The molecule has 4 nitrogen and oxygen atoms in total. The Morgan fingerprint density at radius 3 is 2.60 bits per heavy atom. The number of carbonyl (C=O) groups is 2. The van der Waals surface area contributed by atoms with Crippen LogP contribution in [-0.2, 0) is 4.79 Å². The van der Waals surface area contributed by atoms with E-state index in [2.05, 4.69) is 48.0 Å². The molecule has 1 N–H and O–H groups in total. The third-order valence-corrected chi connectivity index (χ3v) is 7.84. The lowest BCUT2D eigenvalue weighted by Crippen LogP contribution is -2.44. The molecule has 2 heterocycles. The fourth-order valence-corrected chi connectivity index (χ4v) is 5.82. The Bertz CT molecular complexity index is 1120. The fraction of sp³-hybridized carbons (Fsp3) is 0.355. The van der Waals surface area contributed by atoms with Gasteiger partial charge in [0.05, 0.1) is 0 Å². The average Bonchev–Trinajstić information content (AvgIpc) is 3.17. The van der Waals surface area contributed by atoms with Gasteiger partial charge in [-0.25, -0.2) is 0 Å². The van der Waals surface area contributed by atoms with Crippen LogP contribution in [0.4, 0.5) is 0 Å². The first-order valence-electron chi connectivity index (χ1n) is 12.9. The number of piperidine rings is 1. The molecular formula is C31H34N2O2. The Hall–Kier alpha value is -3.40. The van der Waals surface area contributed by atoms with Gasteiger partial charge in [-0.05, 0) is 66.1 Å². The molecule has 3 aliphatic rings.